The van der Waals surface area contributed by atoms with Crippen molar-refractivity contribution in [2.45, 2.75) is 20.4 Å². The monoisotopic (exact) mass is 451 g/mol. The van der Waals surface area contributed by atoms with Gasteiger partial charge < -0.3 is 13.7 Å². The number of nitrogens with zero attached hydrogens (tertiary/aromatic N) is 2. The van der Waals surface area contributed by atoms with Crippen LogP contribution in [0.5, 0.6) is 5.75 Å². The smallest absolute Gasteiger partial charge is 0.307 e. The van der Waals surface area contributed by atoms with Gasteiger partial charge in [0.25, 0.3) is 0 Å². The molecule has 0 aliphatic rings. The van der Waals surface area contributed by atoms with E-state index in [-0.39, 0.29) is 5.76 Å². The quantitative estimate of drug-likeness (QED) is 0.247. The zero-order chi connectivity index (χ0) is 23.5. The number of para-hydroxylation sites is 1. The molecule has 2 heterocycles. The number of furan rings is 1. The summed E-state index contributed by atoms with van der Waals surface area (Å²) >= 11 is 0. The van der Waals surface area contributed by atoms with Gasteiger partial charge >= 0.3 is 5.91 Å². The number of fused-ring (bicyclic) bond motifs is 2. The van der Waals surface area contributed by atoms with Crippen LogP contribution in [0.4, 0.5) is 0 Å². The maximum absolute atomic E-state index is 12.6. The van der Waals surface area contributed by atoms with Gasteiger partial charge in [0.1, 0.15) is 11.3 Å². The molecule has 2 aromatic heterocycles. The largest absolute Gasteiger partial charge is 0.494 e. The van der Waals surface area contributed by atoms with Crippen molar-refractivity contribution in [2.24, 2.45) is 5.10 Å². The summed E-state index contributed by atoms with van der Waals surface area (Å²) in [6.07, 6.45) is 3.72. The van der Waals surface area contributed by atoms with E-state index in [9.17, 15) is 4.79 Å². The minimum Gasteiger partial charge on any atom is -0.494 e. The van der Waals surface area contributed by atoms with Crippen LogP contribution in [0.15, 0.2) is 88.5 Å². The number of benzene rings is 3. The Morgan fingerprint density at radius 2 is 1.97 bits per heavy atom. The molecule has 0 saturated carbocycles. The first-order chi connectivity index (χ1) is 16.6. The van der Waals surface area contributed by atoms with Crippen LogP contribution < -0.4 is 10.2 Å². The topological polar surface area (TPSA) is 68.8 Å². The van der Waals surface area contributed by atoms with Gasteiger partial charge in [-0.2, -0.15) is 5.10 Å². The van der Waals surface area contributed by atoms with E-state index < -0.39 is 5.91 Å². The second-order valence-electron chi connectivity index (χ2n) is 8.16. The molecule has 5 rings (SSSR count). The highest BCUT2D eigenvalue weighted by molar-refractivity contribution is 6.01. The lowest BCUT2D eigenvalue weighted by molar-refractivity contribution is 0.0929. The molecule has 6 heteroatoms. The van der Waals surface area contributed by atoms with Gasteiger partial charge in [0, 0.05) is 34.6 Å². The number of hydrogen-bond donors (Lipinski definition) is 1. The fourth-order valence-electron chi connectivity index (χ4n) is 4.12. The number of nitrogens with one attached hydrogen (secondary N) is 1. The van der Waals surface area contributed by atoms with Crippen molar-refractivity contribution in [3.05, 3.63) is 101 Å². The Balaban J connectivity index is 1.35. The molecule has 34 heavy (non-hydrogen) atoms. The molecule has 0 radical (unpaired) electrons. The molecule has 0 saturated heterocycles. The summed E-state index contributed by atoms with van der Waals surface area (Å²) in [5.41, 5.74) is 7.70. The summed E-state index contributed by atoms with van der Waals surface area (Å²) in [6, 6.07) is 23.8. The third kappa shape index (κ3) is 4.43. The molecular weight excluding hydrogens is 426 g/mol. The normalized spacial score (nSPS) is 11.5. The van der Waals surface area contributed by atoms with Crippen molar-refractivity contribution in [3.63, 3.8) is 0 Å². The number of carbonyl (C=O) groups is 1. The standard InChI is InChI=1S/C28H25N3O3/c1-3-33-23-11-12-26-21(14-23)15-27(34-26)28(32)30-29-16-22-18-31(25-10-5-4-9-24(22)25)17-20-8-6-7-19(2)13-20/h4-16,18H,3,17H2,1-2H3,(H,30,32)/b29-16+. The van der Waals surface area contributed by atoms with E-state index in [1.54, 1.807) is 18.3 Å². The van der Waals surface area contributed by atoms with Crippen LogP contribution in [0.25, 0.3) is 21.9 Å². The number of amides is 1. The van der Waals surface area contributed by atoms with E-state index in [4.69, 9.17) is 9.15 Å². The highest BCUT2D eigenvalue weighted by Crippen LogP contribution is 2.25. The summed E-state index contributed by atoms with van der Waals surface area (Å²) in [4.78, 5) is 12.6. The molecular formula is C28H25N3O3. The summed E-state index contributed by atoms with van der Waals surface area (Å²) in [5.74, 6) is 0.527. The molecule has 0 aliphatic carbocycles. The average Bonchev–Trinajstić information content (AvgIpc) is 3.41. The highest BCUT2D eigenvalue weighted by atomic mass is 16.5. The van der Waals surface area contributed by atoms with Crippen LogP contribution in [0.3, 0.4) is 0 Å². The minimum atomic E-state index is -0.408. The van der Waals surface area contributed by atoms with Crippen molar-refractivity contribution in [2.75, 3.05) is 6.61 Å². The molecule has 0 unspecified atom stereocenters. The lowest BCUT2D eigenvalue weighted by atomic mass is 10.1. The molecule has 170 valence electrons. The van der Waals surface area contributed by atoms with Gasteiger partial charge in [-0.25, -0.2) is 5.43 Å². The van der Waals surface area contributed by atoms with Gasteiger partial charge in [-0.05, 0) is 49.7 Å². The van der Waals surface area contributed by atoms with Gasteiger partial charge in [0.15, 0.2) is 5.76 Å². The van der Waals surface area contributed by atoms with Crippen molar-refractivity contribution < 1.29 is 13.9 Å². The zero-order valence-electron chi connectivity index (χ0n) is 19.1. The number of carbonyl (C=O) groups excluding carboxylic acids is 1. The molecule has 0 atom stereocenters. The van der Waals surface area contributed by atoms with Crippen LogP contribution in [0.1, 0.15) is 34.2 Å². The Morgan fingerprint density at radius 1 is 1.09 bits per heavy atom. The SMILES string of the molecule is CCOc1ccc2oc(C(=O)N/N=C/c3cn(Cc4cccc(C)c4)c4ccccc34)cc2c1. The molecule has 0 bridgehead atoms. The molecule has 1 N–H and O–H groups in total. The third-order valence-electron chi connectivity index (χ3n) is 5.65. The molecule has 0 aliphatic heterocycles. The predicted octanol–water partition coefficient (Wildman–Crippen LogP) is 5.91. The van der Waals surface area contributed by atoms with Crippen molar-refractivity contribution in [3.8, 4) is 5.75 Å². The van der Waals surface area contributed by atoms with Crippen LogP contribution in [-0.2, 0) is 6.54 Å². The van der Waals surface area contributed by atoms with Crippen molar-refractivity contribution in [1.29, 1.82) is 0 Å². The zero-order valence-corrected chi connectivity index (χ0v) is 19.1. The lowest BCUT2D eigenvalue weighted by Crippen LogP contribution is -2.16. The second kappa shape index (κ2) is 9.27. The number of hydrazone groups is 1. The summed E-state index contributed by atoms with van der Waals surface area (Å²) < 4.78 is 13.4. The number of aryl methyl sites for hydroxylation is 1. The predicted molar refractivity (Wildman–Crippen MR) is 135 cm³/mol. The number of hydrogen-bond acceptors (Lipinski definition) is 4. The summed E-state index contributed by atoms with van der Waals surface area (Å²) in [6.45, 7) is 5.35. The molecule has 1 amide bonds. The molecule has 0 fully saturated rings. The van der Waals surface area contributed by atoms with Crippen molar-refractivity contribution in [1.82, 2.24) is 9.99 Å². The van der Waals surface area contributed by atoms with E-state index in [1.165, 1.54) is 11.1 Å². The first-order valence-corrected chi connectivity index (χ1v) is 11.2. The molecule has 0 spiro atoms. The average molecular weight is 452 g/mol. The fourth-order valence-corrected chi connectivity index (χ4v) is 4.12. The molecule has 5 aromatic rings. The number of aromatic nitrogens is 1. The van der Waals surface area contributed by atoms with Gasteiger partial charge in [-0.3, -0.25) is 4.79 Å². The van der Waals surface area contributed by atoms with Gasteiger partial charge in [-0.15, -0.1) is 0 Å². The number of ether oxygens (including phenoxy) is 1. The second-order valence-corrected chi connectivity index (χ2v) is 8.16. The first-order valence-electron chi connectivity index (χ1n) is 11.2. The van der Waals surface area contributed by atoms with Crippen LogP contribution in [-0.4, -0.2) is 23.3 Å². The van der Waals surface area contributed by atoms with Gasteiger partial charge in [-0.1, -0.05) is 48.0 Å². The first kappa shape index (κ1) is 21.5. The Morgan fingerprint density at radius 3 is 2.82 bits per heavy atom. The highest BCUT2D eigenvalue weighted by Gasteiger charge is 2.13. The Labute approximate surface area is 197 Å². The lowest BCUT2D eigenvalue weighted by Gasteiger charge is -2.06. The van der Waals surface area contributed by atoms with E-state index in [2.05, 4.69) is 64.6 Å². The van der Waals surface area contributed by atoms with Gasteiger partial charge in [0.2, 0.25) is 0 Å². The Hall–Kier alpha value is -4.32. The Kier molecular flexibility index (Phi) is 5.87. The van der Waals surface area contributed by atoms with Crippen LogP contribution in [0, 0.1) is 6.92 Å². The summed E-state index contributed by atoms with van der Waals surface area (Å²) in [7, 11) is 0. The van der Waals surface area contributed by atoms with Crippen molar-refractivity contribution >= 4 is 34.0 Å². The Bertz CT molecular complexity index is 1510. The fraction of sp³-hybridized carbons (Fsp3) is 0.143. The van der Waals surface area contributed by atoms with E-state index in [0.717, 1.165) is 34.1 Å². The minimum absolute atomic E-state index is 0.197. The van der Waals surface area contributed by atoms with E-state index in [0.29, 0.717) is 12.2 Å². The van der Waals surface area contributed by atoms with Crippen LogP contribution in [0.2, 0.25) is 0 Å². The molecule has 6 nitrogen and oxygen atoms in total. The van der Waals surface area contributed by atoms with Crippen LogP contribution >= 0.6 is 0 Å². The van der Waals surface area contributed by atoms with E-state index >= 15 is 0 Å². The summed E-state index contributed by atoms with van der Waals surface area (Å²) in [5, 5.41) is 6.07. The number of rotatable bonds is 7. The van der Waals surface area contributed by atoms with Gasteiger partial charge in [0.05, 0.1) is 12.8 Å². The maximum atomic E-state index is 12.6. The third-order valence-corrected chi connectivity index (χ3v) is 5.65. The molecule has 3 aromatic carbocycles. The van der Waals surface area contributed by atoms with E-state index in [1.807, 2.05) is 31.2 Å². The maximum Gasteiger partial charge on any atom is 0.307 e.